The van der Waals surface area contributed by atoms with Crippen LogP contribution in [-0.4, -0.2) is 12.5 Å². The quantitative estimate of drug-likeness (QED) is 0.808. The SMILES string of the molecule is O=C(NCc1cccc(OC(F)F)c1)c1cc(Br)ccc1Cl. The predicted octanol–water partition coefficient (Wildman–Crippen LogP) is 4.63. The van der Waals surface area contributed by atoms with Crippen LogP contribution in [0.25, 0.3) is 0 Å². The van der Waals surface area contributed by atoms with Crippen LogP contribution in [0.1, 0.15) is 15.9 Å². The van der Waals surface area contributed by atoms with E-state index in [1.54, 1.807) is 30.3 Å². The molecule has 0 heterocycles. The highest BCUT2D eigenvalue weighted by molar-refractivity contribution is 9.10. The van der Waals surface area contributed by atoms with Crippen LogP contribution in [0.2, 0.25) is 5.02 Å². The Balaban J connectivity index is 2.03. The second-order valence-electron chi connectivity index (χ2n) is 4.33. The van der Waals surface area contributed by atoms with E-state index >= 15 is 0 Å². The van der Waals surface area contributed by atoms with Crippen LogP contribution in [0.5, 0.6) is 5.75 Å². The van der Waals surface area contributed by atoms with E-state index in [0.717, 1.165) is 4.47 Å². The van der Waals surface area contributed by atoms with Gasteiger partial charge >= 0.3 is 6.61 Å². The zero-order chi connectivity index (χ0) is 16.1. The summed E-state index contributed by atoms with van der Waals surface area (Å²) in [5.74, 6) is -0.311. The molecule has 0 aromatic heterocycles. The molecule has 0 aliphatic rings. The van der Waals surface area contributed by atoms with Crippen molar-refractivity contribution in [3.63, 3.8) is 0 Å². The lowest BCUT2D eigenvalue weighted by Crippen LogP contribution is -2.23. The first-order valence-electron chi connectivity index (χ1n) is 6.22. The van der Waals surface area contributed by atoms with Gasteiger partial charge in [0.15, 0.2) is 0 Å². The molecule has 0 unspecified atom stereocenters. The summed E-state index contributed by atoms with van der Waals surface area (Å²) in [6.07, 6.45) is 0. The van der Waals surface area contributed by atoms with Crippen molar-refractivity contribution in [2.45, 2.75) is 13.2 Å². The fourth-order valence-electron chi connectivity index (χ4n) is 1.78. The number of rotatable bonds is 5. The smallest absolute Gasteiger partial charge is 0.387 e. The lowest BCUT2D eigenvalue weighted by molar-refractivity contribution is -0.0498. The first kappa shape index (κ1) is 16.7. The Bertz CT molecular complexity index is 682. The number of hydrogen-bond donors (Lipinski definition) is 1. The van der Waals surface area contributed by atoms with Gasteiger partial charge in [0.25, 0.3) is 5.91 Å². The Morgan fingerprint density at radius 3 is 2.77 bits per heavy atom. The lowest BCUT2D eigenvalue weighted by atomic mass is 10.2. The van der Waals surface area contributed by atoms with E-state index < -0.39 is 6.61 Å². The van der Waals surface area contributed by atoms with Crippen molar-refractivity contribution in [1.82, 2.24) is 5.32 Å². The maximum atomic E-state index is 12.2. The molecule has 0 radical (unpaired) electrons. The Labute approximate surface area is 139 Å². The number of hydrogen-bond acceptors (Lipinski definition) is 2. The number of alkyl halides is 2. The molecule has 0 spiro atoms. The minimum absolute atomic E-state index is 0.0437. The summed E-state index contributed by atoms with van der Waals surface area (Å²) in [4.78, 5) is 12.1. The molecule has 0 aliphatic carbocycles. The number of carbonyl (C=O) groups is 1. The molecule has 0 aliphatic heterocycles. The van der Waals surface area contributed by atoms with Gasteiger partial charge in [0, 0.05) is 11.0 Å². The Hall–Kier alpha value is -1.66. The van der Waals surface area contributed by atoms with Crippen molar-refractivity contribution in [3.05, 3.63) is 63.1 Å². The van der Waals surface area contributed by atoms with Crippen molar-refractivity contribution in [1.29, 1.82) is 0 Å². The highest BCUT2D eigenvalue weighted by atomic mass is 79.9. The maximum absolute atomic E-state index is 12.2. The van der Waals surface area contributed by atoms with Gasteiger partial charge in [0.1, 0.15) is 5.75 Å². The maximum Gasteiger partial charge on any atom is 0.387 e. The average Bonchev–Trinajstić information content (AvgIpc) is 2.47. The van der Waals surface area contributed by atoms with E-state index in [1.807, 2.05) is 0 Å². The highest BCUT2D eigenvalue weighted by Crippen LogP contribution is 2.21. The van der Waals surface area contributed by atoms with E-state index in [4.69, 9.17) is 11.6 Å². The second-order valence-corrected chi connectivity index (χ2v) is 5.66. The zero-order valence-corrected chi connectivity index (χ0v) is 13.5. The third kappa shape index (κ3) is 4.68. The van der Waals surface area contributed by atoms with Crippen LogP contribution in [-0.2, 0) is 6.54 Å². The zero-order valence-electron chi connectivity index (χ0n) is 11.2. The molecule has 0 saturated carbocycles. The van der Waals surface area contributed by atoms with Gasteiger partial charge in [-0.15, -0.1) is 0 Å². The largest absolute Gasteiger partial charge is 0.435 e. The first-order valence-corrected chi connectivity index (χ1v) is 7.40. The topological polar surface area (TPSA) is 38.3 Å². The molecule has 0 bridgehead atoms. The summed E-state index contributed by atoms with van der Waals surface area (Å²) < 4.78 is 29.4. The van der Waals surface area contributed by atoms with Crippen molar-refractivity contribution in [2.75, 3.05) is 0 Å². The van der Waals surface area contributed by atoms with Crippen LogP contribution in [0.4, 0.5) is 8.78 Å². The van der Waals surface area contributed by atoms with Gasteiger partial charge in [0.2, 0.25) is 0 Å². The van der Waals surface area contributed by atoms with Gasteiger partial charge < -0.3 is 10.1 Å². The van der Waals surface area contributed by atoms with E-state index in [9.17, 15) is 13.6 Å². The van der Waals surface area contributed by atoms with Gasteiger partial charge in [0.05, 0.1) is 10.6 Å². The molecule has 2 aromatic rings. The van der Waals surface area contributed by atoms with Crippen molar-refractivity contribution in [3.8, 4) is 5.75 Å². The molecule has 7 heteroatoms. The predicted molar refractivity (Wildman–Crippen MR) is 83.4 cm³/mol. The van der Waals surface area contributed by atoms with Gasteiger partial charge in [-0.05, 0) is 35.9 Å². The van der Waals surface area contributed by atoms with Crippen LogP contribution >= 0.6 is 27.5 Å². The number of ether oxygens (including phenoxy) is 1. The van der Waals surface area contributed by atoms with Crippen molar-refractivity contribution < 1.29 is 18.3 Å². The summed E-state index contributed by atoms with van der Waals surface area (Å²) in [6.45, 7) is -2.72. The van der Waals surface area contributed by atoms with Gasteiger partial charge in [-0.1, -0.05) is 39.7 Å². The molecule has 2 aromatic carbocycles. The van der Waals surface area contributed by atoms with Crippen LogP contribution in [0, 0.1) is 0 Å². The van der Waals surface area contributed by atoms with Crippen LogP contribution in [0.15, 0.2) is 46.9 Å². The summed E-state index contributed by atoms with van der Waals surface area (Å²) in [5, 5.41) is 3.01. The Morgan fingerprint density at radius 1 is 1.27 bits per heavy atom. The molecule has 0 saturated heterocycles. The standard InChI is InChI=1S/C15H11BrClF2NO2/c16-10-4-5-13(17)12(7-10)14(21)20-8-9-2-1-3-11(6-9)22-15(18)19/h1-7,15H,8H2,(H,20,21). The Morgan fingerprint density at radius 2 is 2.05 bits per heavy atom. The molecular formula is C15H11BrClF2NO2. The monoisotopic (exact) mass is 389 g/mol. The van der Waals surface area contributed by atoms with E-state index in [0.29, 0.717) is 16.1 Å². The van der Waals surface area contributed by atoms with Crippen LogP contribution < -0.4 is 10.1 Å². The molecule has 3 nitrogen and oxygen atoms in total. The molecule has 0 fully saturated rings. The number of benzene rings is 2. The van der Waals surface area contributed by atoms with E-state index in [1.165, 1.54) is 12.1 Å². The van der Waals surface area contributed by atoms with Crippen molar-refractivity contribution >= 4 is 33.4 Å². The molecule has 2 rings (SSSR count). The van der Waals surface area contributed by atoms with E-state index in [2.05, 4.69) is 26.0 Å². The minimum Gasteiger partial charge on any atom is -0.435 e. The normalized spacial score (nSPS) is 10.6. The Kier molecular flexibility index (Phi) is 5.74. The fraction of sp³-hybridized carbons (Fsp3) is 0.133. The molecule has 116 valence electrons. The molecule has 1 amide bonds. The fourth-order valence-corrected chi connectivity index (χ4v) is 2.35. The van der Waals surface area contributed by atoms with Gasteiger partial charge in [-0.3, -0.25) is 4.79 Å². The van der Waals surface area contributed by atoms with Crippen molar-refractivity contribution in [2.24, 2.45) is 0 Å². The third-order valence-electron chi connectivity index (χ3n) is 2.75. The number of carbonyl (C=O) groups excluding carboxylic acids is 1. The lowest BCUT2D eigenvalue weighted by Gasteiger charge is -2.09. The summed E-state index contributed by atoms with van der Waals surface area (Å²) >= 11 is 9.24. The molecule has 22 heavy (non-hydrogen) atoms. The number of amides is 1. The third-order valence-corrected chi connectivity index (χ3v) is 3.57. The summed E-state index contributed by atoms with van der Waals surface area (Å²) in [5.41, 5.74) is 0.966. The molecular weight excluding hydrogens is 380 g/mol. The second kappa shape index (κ2) is 7.56. The molecule has 0 atom stereocenters. The van der Waals surface area contributed by atoms with E-state index in [-0.39, 0.29) is 18.2 Å². The first-order chi connectivity index (χ1) is 10.5. The number of nitrogens with one attached hydrogen (secondary N) is 1. The highest BCUT2D eigenvalue weighted by Gasteiger charge is 2.11. The van der Waals surface area contributed by atoms with Gasteiger partial charge in [-0.2, -0.15) is 8.78 Å². The minimum atomic E-state index is -2.88. The summed E-state index contributed by atoms with van der Waals surface area (Å²) in [6, 6.07) is 11.1. The average molecular weight is 391 g/mol. The molecule has 1 N–H and O–H groups in total. The number of halogens is 4. The van der Waals surface area contributed by atoms with Crippen LogP contribution in [0.3, 0.4) is 0 Å². The summed E-state index contributed by atoms with van der Waals surface area (Å²) in [7, 11) is 0. The van der Waals surface area contributed by atoms with Gasteiger partial charge in [-0.25, -0.2) is 0 Å².